The van der Waals surface area contributed by atoms with Crippen LogP contribution in [-0.4, -0.2) is 51.3 Å². The number of piperidine rings is 1. The van der Waals surface area contributed by atoms with E-state index in [1.807, 2.05) is 0 Å². The third kappa shape index (κ3) is 3.40. The highest BCUT2D eigenvalue weighted by Gasteiger charge is 2.40. The van der Waals surface area contributed by atoms with Crippen LogP contribution in [0.15, 0.2) is 23.1 Å². The molecule has 126 valence electrons. The molecule has 2 saturated heterocycles. The zero-order valence-corrected chi connectivity index (χ0v) is 13.8. The quantitative estimate of drug-likeness (QED) is 0.851. The van der Waals surface area contributed by atoms with Gasteiger partial charge in [0.2, 0.25) is 10.0 Å². The Hall–Kier alpha value is -1.48. The fourth-order valence-corrected chi connectivity index (χ4v) is 3.70. The number of carbonyl (C=O) groups is 1. The van der Waals surface area contributed by atoms with Crippen molar-refractivity contribution in [1.82, 2.24) is 4.90 Å². The summed E-state index contributed by atoms with van der Waals surface area (Å²) in [6, 6.07) is 4.46. The second-order valence-corrected chi connectivity index (χ2v) is 7.54. The number of sulfonamides is 1. The van der Waals surface area contributed by atoms with Crippen molar-refractivity contribution in [3.8, 4) is 0 Å². The number of ether oxygens (including phenoxy) is 2. The zero-order valence-electron chi connectivity index (χ0n) is 12.9. The Bertz CT molecular complexity index is 715. The molecule has 2 aliphatic rings. The van der Waals surface area contributed by atoms with Crippen molar-refractivity contribution in [2.45, 2.75) is 30.4 Å². The van der Waals surface area contributed by atoms with Gasteiger partial charge < -0.3 is 14.4 Å². The molecule has 7 nitrogen and oxygen atoms in total. The van der Waals surface area contributed by atoms with Crippen LogP contribution in [0.25, 0.3) is 0 Å². The number of nitrogens with two attached hydrogens (primary N) is 1. The summed E-state index contributed by atoms with van der Waals surface area (Å²) in [5.41, 5.74) is 1.01. The molecular weight excluding hydrogens is 320 g/mol. The molecule has 23 heavy (non-hydrogen) atoms. The normalized spacial score (nSPS) is 20.9. The maximum absolute atomic E-state index is 12.6. The molecule has 3 rings (SSSR count). The van der Waals surface area contributed by atoms with E-state index in [1.165, 1.54) is 12.1 Å². The topological polar surface area (TPSA) is 98.9 Å². The van der Waals surface area contributed by atoms with Gasteiger partial charge in [-0.25, -0.2) is 13.6 Å². The van der Waals surface area contributed by atoms with Gasteiger partial charge in [-0.2, -0.15) is 0 Å². The highest BCUT2D eigenvalue weighted by Crippen LogP contribution is 2.31. The first-order valence-corrected chi connectivity index (χ1v) is 9.05. The van der Waals surface area contributed by atoms with Gasteiger partial charge in [0.15, 0.2) is 5.79 Å². The van der Waals surface area contributed by atoms with Gasteiger partial charge >= 0.3 is 0 Å². The van der Waals surface area contributed by atoms with E-state index < -0.39 is 15.8 Å². The third-order valence-corrected chi connectivity index (χ3v) is 5.15. The van der Waals surface area contributed by atoms with Crippen LogP contribution in [0.1, 0.15) is 28.8 Å². The highest BCUT2D eigenvalue weighted by molar-refractivity contribution is 7.89. The molecular formula is C15H20N2O5S. The fourth-order valence-electron chi connectivity index (χ4n) is 3.05. The number of primary sulfonamides is 1. The summed E-state index contributed by atoms with van der Waals surface area (Å²) in [6.07, 6.45) is 1.24. The summed E-state index contributed by atoms with van der Waals surface area (Å²) < 4.78 is 34.3. The largest absolute Gasteiger partial charge is 0.347 e. The molecule has 2 heterocycles. The van der Waals surface area contributed by atoms with Crippen LogP contribution in [0.2, 0.25) is 0 Å². The van der Waals surface area contributed by atoms with Gasteiger partial charge in [0.05, 0.1) is 18.1 Å². The third-order valence-electron chi connectivity index (χ3n) is 4.25. The Kier molecular flexibility index (Phi) is 4.18. The minimum atomic E-state index is -3.84. The number of amides is 1. The van der Waals surface area contributed by atoms with E-state index in [4.69, 9.17) is 14.6 Å². The minimum Gasteiger partial charge on any atom is -0.347 e. The van der Waals surface area contributed by atoms with Gasteiger partial charge in [-0.15, -0.1) is 0 Å². The number of rotatable bonds is 2. The Balaban J connectivity index is 1.77. The molecule has 2 aliphatic heterocycles. The van der Waals surface area contributed by atoms with Crippen LogP contribution in [0.3, 0.4) is 0 Å². The van der Waals surface area contributed by atoms with E-state index in [9.17, 15) is 13.2 Å². The van der Waals surface area contributed by atoms with Crippen molar-refractivity contribution >= 4 is 15.9 Å². The van der Waals surface area contributed by atoms with E-state index in [0.717, 1.165) is 0 Å². The van der Waals surface area contributed by atoms with Gasteiger partial charge in [-0.1, -0.05) is 0 Å². The van der Waals surface area contributed by atoms with Gasteiger partial charge in [0.1, 0.15) is 0 Å². The van der Waals surface area contributed by atoms with E-state index in [2.05, 4.69) is 0 Å². The molecule has 1 spiro atoms. The number of likely N-dealkylation sites (tertiary alicyclic amines) is 1. The molecule has 0 unspecified atom stereocenters. The molecule has 1 aromatic carbocycles. The molecule has 1 amide bonds. The summed E-state index contributed by atoms with van der Waals surface area (Å²) in [4.78, 5) is 14.3. The van der Waals surface area contributed by atoms with Crippen molar-refractivity contribution in [3.05, 3.63) is 29.3 Å². The summed E-state index contributed by atoms with van der Waals surface area (Å²) in [5.74, 6) is -0.749. The first-order valence-electron chi connectivity index (χ1n) is 7.51. The summed E-state index contributed by atoms with van der Waals surface area (Å²) in [6.45, 7) is 3.93. The first-order chi connectivity index (χ1) is 10.8. The number of hydrogen-bond donors (Lipinski definition) is 1. The van der Waals surface area contributed by atoms with Crippen LogP contribution in [0.4, 0.5) is 0 Å². The van der Waals surface area contributed by atoms with Crippen LogP contribution in [0.5, 0.6) is 0 Å². The standard InChI is InChI=1S/C15H20N2O5S/c1-11-8-12(10-13(9-11)23(16,19)20)14(18)17-4-2-15(3-5-17)21-6-7-22-15/h8-10H,2-7H2,1H3,(H2,16,19,20). The molecule has 0 radical (unpaired) electrons. The minimum absolute atomic E-state index is 0.0446. The maximum Gasteiger partial charge on any atom is 0.253 e. The highest BCUT2D eigenvalue weighted by atomic mass is 32.2. The van der Waals surface area contributed by atoms with Crippen LogP contribution in [0, 0.1) is 6.92 Å². The summed E-state index contributed by atoms with van der Waals surface area (Å²) in [5, 5.41) is 5.17. The smallest absolute Gasteiger partial charge is 0.253 e. The van der Waals surface area contributed by atoms with E-state index >= 15 is 0 Å². The molecule has 0 aliphatic carbocycles. The van der Waals surface area contributed by atoms with Crippen molar-refractivity contribution in [2.24, 2.45) is 5.14 Å². The average molecular weight is 340 g/mol. The molecule has 0 bridgehead atoms. The maximum atomic E-state index is 12.6. The number of nitrogens with zero attached hydrogens (tertiary/aromatic N) is 1. The van der Waals surface area contributed by atoms with Gasteiger partial charge in [-0.3, -0.25) is 4.79 Å². The number of aryl methyl sites for hydroxylation is 1. The SMILES string of the molecule is Cc1cc(C(=O)N2CCC3(CC2)OCCO3)cc(S(N)(=O)=O)c1. The van der Waals surface area contributed by atoms with E-state index in [-0.39, 0.29) is 10.8 Å². The zero-order chi connectivity index (χ0) is 16.7. The first kappa shape index (κ1) is 16.4. The van der Waals surface area contributed by atoms with Gasteiger partial charge in [0, 0.05) is 31.5 Å². The van der Waals surface area contributed by atoms with Crippen molar-refractivity contribution < 1.29 is 22.7 Å². The second kappa shape index (κ2) is 5.86. The lowest BCUT2D eigenvalue weighted by molar-refractivity contribution is -0.181. The molecule has 1 aromatic rings. The van der Waals surface area contributed by atoms with E-state index in [1.54, 1.807) is 17.9 Å². The number of benzene rings is 1. The predicted octanol–water partition coefficient (Wildman–Crippen LogP) is 0.622. The Morgan fingerprint density at radius 1 is 1.17 bits per heavy atom. The Labute approximate surface area is 135 Å². The Morgan fingerprint density at radius 2 is 1.78 bits per heavy atom. The van der Waals surface area contributed by atoms with Gasteiger partial charge in [0.25, 0.3) is 5.91 Å². The predicted molar refractivity (Wildman–Crippen MR) is 82.3 cm³/mol. The Morgan fingerprint density at radius 3 is 2.35 bits per heavy atom. The lowest BCUT2D eigenvalue weighted by atomic mass is 10.0. The lowest BCUT2D eigenvalue weighted by Crippen LogP contribution is -2.47. The summed E-state index contributed by atoms with van der Waals surface area (Å²) in [7, 11) is -3.84. The molecule has 0 saturated carbocycles. The monoisotopic (exact) mass is 340 g/mol. The fraction of sp³-hybridized carbons (Fsp3) is 0.533. The van der Waals surface area contributed by atoms with Crippen LogP contribution >= 0.6 is 0 Å². The van der Waals surface area contributed by atoms with Crippen molar-refractivity contribution in [1.29, 1.82) is 0 Å². The van der Waals surface area contributed by atoms with Crippen LogP contribution in [-0.2, 0) is 19.5 Å². The van der Waals surface area contributed by atoms with Gasteiger partial charge in [-0.05, 0) is 30.7 Å². The average Bonchev–Trinajstić information content (AvgIpc) is 2.94. The van der Waals surface area contributed by atoms with Crippen LogP contribution < -0.4 is 5.14 Å². The molecule has 2 N–H and O–H groups in total. The lowest BCUT2D eigenvalue weighted by Gasteiger charge is -2.37. The number of hydrogen-bond acceptors (Lipinski definition) is 5. The summed E-state index contributed by atoms with van der Waals surface area (Å²) >= 11 is 0. The molecule has 0 atom stereocenters. The number of carbonyl (C=O) groups excluding carboxylic acids is 1. The van der Waals surface area contributed by atoms with Crippen molar-refractivity contribution in [2.75, 3.05) is 26.3 Å². The molecule has 8 heteroatoms. The molecule has 2 fully saturated rings. The second-order valence-electron chi connectivity index (χ2n) is 5.98. The molecule has 0 aromatic heterocycles. The van der Waals surface area contributed by atoms with Crippen molar-refractivity contribution in [3.63, 3.8) is 0 Å². The van der Waals surface area contributed by atoms with E-state index in [0.29, 0.717) is 50.3 Å².